The largest absolute Gasteiger partial charge is 0.493 e. The highest BCUT2D eigenvalue weighted by molar-refractivity contribution is 5.54. The van der Waals surface area contributed by atoms with Crippen LogP contribution < -0.4 is 19.5 Å². The fraction of sp³-hybridized carbons (Fsp3) is 0.389. The number of nitrogens with zero attached hydrogens (tertiary/aromatic N) is 1. The van der Waals surface area contributed by atoms with Gasteiger partial charge in [-0.15, -0.1) is 0 Å². The number of nitrogens with one attached hydrogen (secondary N) is 1. The molecule has 1 heterocycles. The molecular formula is C18H24N2O3. The molecule has 0 saturated carbocycles. The van der Waals surface area contributed by atoms with Gasteiger partial charge in [0.2, 0.25) is 5.75 Å². The van der Waals surface area contributed by atoms with E-state index in [1.807, 2.05) is 31.3 Å². The second-order valence-corrected chi connectivity index (χ2v) is 5.39. The van der Waals surface area contributed by atoms with Gasteiger partial charge in [0.15, 0.2) is 11.5 Å². The lowest BCUT2D eigenvalue weighted by molar-refractivity contribution is 0.323. The molecule has 1 atom stereocenters. The molecule has 0 unspecified atom stereocenters. The van der Waals surface area contributed by atoms with E-state index >= 15 is 0 Å². The van der Waals surface area contributed by atoms with Crippen LogP contribution in [0.25, 0.3) is 0 Å². The fourth-order valence-corrected chi connectivity index (χ4v) is 2.33. The third-order valence-corrected chi connectivity index (χ3v) is 3.75. The number of ether oxygens (including phenoxy) is 3. The first kappa shape index (κ1) is 17.1. The molecule has 23 heavy (non-hydrogen) atoms. The molecule has 5 nitrogen and oxygen atoms in total. The quantitative estimate of drug-likeness (QED) is 0.849. The Morgan fingerprint density at radius 3 is 2.17 bits per heavy atom. The minimum Gasteiger partial charge on any atom is -0.493 e. The average molecular weight is 316 g/mol. The van der Waals surface area contributed by atoms with Crippen LogP contribution in [0.15, 0.2) is 30.5 Å². The molecule has 1 aromatic heterocycles. The van der Waals surface area contributed by atoms with E-state index in [2.05, 4.69) is 23.3 Å². The Balaban J connectivity index is 2.15. The highest BCUT2D eigenvalue weighted by Crippen LogP contribution is 2.39. The number of benzene rings is 1. The summed E-state index contributed by atoms with van der Waals surface area (Å²) in [4.78, 5) is 4.41. The molecule has 2 aromatic rings. The number of aromatic nitrogens is 1. The first-order valence-electron chi connectivity index (χ1n) is 7.53. The van der Waals surface area contributed by atoms with Crippen molar-refractivity contribution in [3.8, 4) is 17.2 Å². The summed E-state index contributed by atoms with van der Waals surface area (Å²) in [7, 11) is 4.84. The van der Waals surface area contributed by atoms with Crippen molar-refractivity contribution in [2.24, 2.45) is 0 Å². The Labute approximate surface area is 137 Å². The van der Waals surface area contributed by atoms with Crippen molar-refractivity contribution < 1.29 is 14.2 Å². The molecule has 1 aromatic carbocycles. The van der Waals surface area contributed by atoms with Crippen molar-refractivity contribution in [3.05, 3.63) is 47.3 Å². The number of methoxy groups -OCH3 is 3. The van der Waals surface area contributed by atoms with Crippen LogP contribution >= 0.6 is 0 Å². The normalized spacial score (nSPS) is 11.9. The van der Waals surface area contributed by atoms with E-state index < -0.39 is 0 Å². The maximum absolute atomic E-state index is 5.40. The monoisotopic (exact) mass is 316 g/mol. The zero-order chi connectivity index (χ0) is 16.8. The standard InChI is InChI=1S/C18H24N2O3/c1-12-6-7-15(20-10-12)11-19-13(2)14-8-16(21-3)18(23-5)17(9-14)22-4/h6-10,13,19H,11H2,1-5H3/t13-/m1/s1. The van der Waals surface area contributed by atoms with Crippen LogP contribution in [-0.2, 0) is 6.54 Å². The van der Waals surface area contributed by atoms with Crippen LogP contribution in [-0.4, -0.2) is 26.3 Å². The molecule has 0 radical (unpaired) electrons. The third kappa shape index (κ3) is 4.13. The summed E-state index contributed by atoms with van der Waals surface area (Å²) in [6.07, 6.45) is 1.88. The molecule has 0 aliphatic heterocycles. The highest BCUT2D eigenvalue weighted by atomic mass is 16.5. The smallest absolute Gasteiger partial charge is 0.203 e. The molecule has 124 valence electrons. The minimum atomic E-state index is 0.117. The highest BCUT2D eigenvalue weighted by Gasteiger charge is 2.16. The first-order chi connectivity index (χ1) is 11.1. The summed E-state index contributed by atoms with van der Waals surface area (Å²) in [5.41, 5.74) is 3.23. The topological polar surface area (TPSA) is 52.6 Å². The second kappa shape index (κ2) is 7.83. The lowest BCUT2D eigenvalue weighted by atomic mass is 10.1. The Hall–Kier alpha value is -2.27. The number of pyridine rings is 1. The first-order valence-corrected chi connectivity index (χ1v) is 7.53. The average Bonchev–Trinajstić information content (AvgIpc) is 2.59. The van der Waals surface area contributed by atoms with Crippen molar-refractivity contribution >= 4 is 0 Å². The molecule has 0 amide bonds. The van der Waals surface area contributed by atoms with Crippen molar-refractivity contribution in [1.82, 2.24) is 10.3 Å². The van der Waals surface area contributed by atoms with Gasteiger partial charge in [0.05, 0.1) is 27.0 Å². The Bertz CT molecular complexity index is 616. The maximum atomic E-state index is 5.40. The molecule has 0 fully saturated rings. The van der Waals surface area contributed by atoms with Crippen LogP contribution in [0.4, 0.5) is 0 Å². The van der Waals surface area contributed by atoms with Gasteiger partial charge in [-0.25, -0.2) is 0 Å². The summed E-state index contributed by atoms with van der Waals surface area (Å²) in [5, 5.41) is 3.46. The van der Waals surface area contributed by atoms with Crippen LogP contribution in [0.5, 0.6) is 17.2 Å². The molecule has 2 rings (SSSR count). The van der Waals surface area contributed by atoms with Crippen LogP contribution in [0, 0.1) is 6.92 Å². The van der Waals surface area contributed by atoms with Crippen molar-refractivity contribution in [2.75, 3.05) is 21.3 Å². The summed E-state index contributed by atoms with van der Waals surface area (Å²) in [6.45, 7) is 4.82. The Kier molecular flexibility index (Phi) is 5.82. The van der Waals surface area contributed by atoms with E-state index in [4.69, 9.17) is 14.2 Å². The lowest BCUT2D eigenvalue weighted by Gasteiger charge is -2.18. The molecule has 5 heteroatoms. The van der Waals surface area contributed by atoms with Gasteiger partial charge >= 0.3 is 0 Å². The van der Waals surface area contributed by atoms with E-state index in [1.54, 1.807) is 21.3 Å². The zero-order valence-corrected chi connectivity index (χ0v) is 14.3. The Morgan fingerprint density at radius 1 is 1.04 bits per heavy atom. The summed E-state index contributed by atoms with van der Waals surface area (Å²) >= 11 is 0. The van der Waals surface area contributed by atoms with Crippen LogP contribution in [0.1, 0.15) is 29.8 Å². The van der Waals surface area contributed by atoms with E-state index in [0.717, 1.165) is 16.8 Å². The number of hydrogen-bond donors (Lipinski definition) is 1. The predicted octanol–water partition coefficient (Wildman–Crippen LogP) is 3.27. The van der Waals surface area contributed by atoms with E-state index in [1.165, 1.54) is 0 Å². The third-order valence-electron chi connectivity index (χ3n) is 3.75. The molecule has 0 aliphatic rings. The molecule has 0 aliphatic carbocycles. The van der Waals surface area contributed by atoms with Gasteiger partial charge in [0.1, 0.15) is 0 Å². The van der Waals surface area contributed by atoms with Gasteiger partial charge in [-0.3, -0.25) is 4.98 Å². The lowest BCUT2D eigenvalue weighted by Crippen LogP contribution is -2.19. The summed E-state index contributed by atoms with van der Waals surface area (Å²) in [6, 6.07) is 8.13. The van der Waals surface area contributed by atoms with Crippen molar-refractivity contribution in [2.45, 2.75) is 26.4 Å². The van der Waals surface area contributed by atoms with E-state index in [0.29, 0.717) is 23.8 Å². The van der Waals surface area contributed by atoms with Gasteiger partial charge in [-0.2, -0.15) is 0 Å². The number of hydrogen-bond acceptors (Lipinski definition) is 5. The summed E-state index contributed by atoms with van der Waals surface area (Å²) in [5.74, 6) is 1.92. The van der Waals surface area contributed by atoms with Gasteiger partial charge < -0.3 is 19.5 Å². The molecule has 1 N–H and O–H groups in total. The SMILES string of the molecule is COc1cc([C@@H](C)NCc2ccc(C)cn2)cc(OC)c1OC. The Morgan fingerprint density at radius 2 is 1.70 bits per heavy atom. The van der Waals surface area contributed by atoms with Gasteiger partial charge in [0, 0.05) is 18.8 Å². The summed E-state index contributed by atoms with van der Waals surface area (Å²) < 4.78 is 16.2. The molecule has 0 spiro atoms. The fourth-order valence-electron chi connectivity index (χ4n) is 2.33. The van der Waals surface area contributed by atoms with Crippen molar-refractivity contribution in [3.63, 3.8) is 0 Å². The van der Waals surface area contributed by atoms with Gasteiger partial charge in [-0.05, 0) is 43.2 Å². The number of aryl methyl sites for hydroxylation is 1. The minimum absolute atomic E-state index is 0.117. The second-order valence-electron chi connectivity index (χ2n) is 5.39. The van der Waals surface area contributed by atoms with Crippen molar-refractivity contribution in [1.29, 1.82) is 0 Å². The predicted molar refractivity (Wildman–Crippen MR) is 90.3 cm³/mol. The molecule has 0 saturated heterocycles. The number of rotatable bonds is 7. The molecular weight excluding hydrogens is 292 g/mol. The molecule has 0 bridgehead atoms. The van der Waals surface area contributed by atoms with Gasteiger partial charge in [-0.1, -0.05) is 6.07 Å². The van der Waals surface area contributed by atoms with Crippen LogP contribution in [0.2, 0.25) is 0 Å². The zero-order valence-electron chi connectivity index (χ0n) is 14.3. The van der Waals surface area contributed by atoms with E-state index in [9.17, 15) is 0 Å². The van der Waals surface area contributed by atoms with Gasteiger partial charge in [0.25, 0.3) is 0 Å². The van der Waals surface area contributed by atoms with E-state index in [-0.39, 0.29) is 6.04 Å². The van der Waals surface area contributed by atoms with Crippen LogP contribution in [0.3, 0.4) is 0 Å². The maximum Gasteiger partial charge on any atom is 0.203 e.